The van der Waals surface area contributed by atoms with Crippen LogP contribution in [-0.4, -0.2) is 4.98 Å². The molecule has 0 atom stereocenters. The zero-order valence-corrected chi connectivity index (χ0v) is 14.2. The number of pyridine rings is 1. The van der Waals surface area contributed by atoms with Gasteiger partial charge in [-0.2, -0.15) is 0 Å². The second kappa shape index (κ2) is 6.26. The van der Waals surface area contributed by atoms with E-state index in [4.69, 9.17) is 11.6 Å². The number of nitrogens with zero attached hydrogens (tertiary/aromatic N) is 1. The van der Waals surface area contributed by atoms with Crippen molar-refractivity contribution in [2.45, 2.75) is 6.54 Å². The lowest BCUT2D eigenvalue weighted by molar-refractivity contribution is 1.17. The molecule has 0 fully saturated rings. The maximum absolute atomic E-state index is 6.06. The van der Waals surface area contributed by atoms with E-state index in [1.165, 1.54) is 15.3 Å². The quantitative estimate of drug-likeness (QED) is 0.566. The van der Waals surface area contributed by atoms with Crippen molar-refractivity contribution in [2.75, 3.05) is 5.32 Å². The molecule has 0 aliphatic carbocycles. The van der Waals surface area contributed by atoms with E-state index in [1.54, 1.807) is 28.9 Å². The van der Waals surface area contributed by atoms with Crippen molar-refractivity contribution < 1.29 is 0 Å². The van der Waals surface area contributed by atoms with Crippen molar-refractivity contribution in [3.63, 3.8) is 0 Å². The number of aromatic nitrogens is 1. The Morgan fingerprint density at radius 2 is 2.20 bits per heavy atom. The summed E-state index contributed by atoms with van der Waals surface area (Å²) >= 11 is 13.0. The number of hydrogen-bond acceptors (Lipinski definition) is 4. The Hall–Kier alpha value is -0.880. The highest BCUT2D eigenvalue weighted by atomic mass is 79.9. The van der Waals surface area contributed by atoms with Gasteiger partial charge in [0.2, 0.25) is 0 Å². The lowest BCUT2D eigenvalue weighted by atomic mass is 10.2. The molecule has 0 saturated heterocycles. The van der Waals surface area contributed by atoms with Gasteiger partial charge < -0.3 is 5.32 Å². The molecule has 102 valence electrons. The number of thiophene rings is 2. The zero-order valence-electron chi connectivity index (χ0n) is 10.3. The molecule has 3 rings (SSSR count). The third-order valence-corrected chi connectivity index (χ3v) is 5.31. The minimum Gasteiger partial charge on any atom is -0.378 e. The molecule has 0 saturated carbocycles. The Morgan fingerprint density at radius 1 is 1.30 bits per heavy atom. The maximum atomic E-state index is 6.06. The van der Waals surface area contributed by atoms with Gasteiger partial charge in [0.1, 0.15) is 0 Å². The molecule has 0 unspecified atom stereocenters. The molecule has 3 aromatic rings. The van der Waals surface area contributed by atoms with Gasteiger partial charge in [0, 0.05) is 32.5 Å². The molecule has 0 amide bonds. The van der Waals surface area contributed by atoms with E-state index in [1.807, 2.05) is 6.07 Å². The molecule has 0 radical (unpaired) electrons. The van der Waals surface area contributed by atoms with Crippen LogP contribution in [0.2, 0.25) is 5.15 Å². The highest BCUT2D eigenvalue weighted by Gasteiger charge is 2.06. The first-order valence-corrected chi connectivity index (χ1v) is 8.81. The summed E-state index contributed by atoms with van der Waals surface area (Å²) in [5, 5.41) is 8.09. The first-order valence-electron chi connectivity index (χ1n) is 5.88. The third kappa shape index (κ3) is 3.23. The van der Waals surface area contributed by atoms with E-state index < -0.39 is 0 Å². The van der Waals surface area contributed by atoms with E-state index in [9.17, 15) is 0 Å². The predicted octanol–water partition coefficient (Wildman–Crippen LogP) is 5.90. The van der Waals surface area contributed by atoms with Crippen molar-refractivity contribution in [2.24, 2.45) is 0 Å². The molecule has 20 heavy (non-hydrogen) atoms. The van der Waals surface area contributed by atoms with Crippen LogP contribution in [0.4, 0.5) is 5.69 Å². The molecule has 2 nitrogen and oxygen atoms in total. The molecule has 0 spiro atoms. The van der Waals surface area contributed by atoms with Gasteiger partial charge in [0.15, 0.2) is 5.15 Å². The van der Waals surface area contributed by atoms with E-state index in [2.05, 4.69) is 55.2 Å². The molecular formula is C14H10BrClN2S2. The van der Waals surface area contributed by atoms with Gasteiger partial charge in [0.25, 0.3) is 0 Å². The number of anilines is 1. The maximum Gasteiger partial charge on any atom is 0.152 e. The molecule has 0 aliphatic rings. The van der Waals surface area contributed by atoms with Crippen molar-refractivity contribution >= 4 is 55.9 Å². The molecule has 3 heterocycles. The van der Waals surface area contributed by atoms with Gasteiger partial charge in [-0.3, -0.25) is 0 Å². The van der Waals surface area contributed by atoms with Crippen molar-refractivity contribution in [3.8, 4) is 10.4 Å². The second-order valence-corrected chi connectivity index (χ2v) is 7.34. The minimum absolute atomic E-state index is 0.489. The van der Waals surface area contributed by atoms with Gasteiger partial charge in [0.05, 0.1) is 5.69 Å². The fourth-order valence-electron chi connectivity index (χ4n) is 1.77. The van der Waals surface area contributed by atoms with Crippen LogP contribution in [0.1, 0.15) is 4.88 Å². The summed E-state index contributed by atoms with van der Waals surface area (Å²) in [4.78, 5) is 6.67. The van der Waals surface area contributed by atoms with E-state index in [0.717, 1.165) is 16.7 Å². The standard InChI is InChI=1S/C14H10BrClN2S2/c15-10-5-12(14(16)18-6-10)17-7-11-4-9(8-20-11)13-2-1-3-19-13/h1-6,8,17H,7H2. The Bertz CT molecular complexity index is 710. The number of nitrogens with one attached hydrogen (secondary N) is 1. The number of rotatable bonds is 4. The normalized spacial score (nSPS) is 10.7. The van der Waals surface area contributed by atoms with Gasteiger partial charge in [-0.25, -0.2) is 4.98 Å². The summed E-state index contributed by atoms with van der Waals surface area (Å²) in [5.74, 6) is 0. The summed E-state index contributed by atoms with van der Waals surface area (Å²) in [6.07, 6.45) is 1.69. The topological polar surface area (TPSA) is 24.9 Å². The first kappa shape index (κ1) is 14.1. The van der Waals surface area contributed by atoms with Crippen molar-refractivity contribution in [3.05, 3.63) is 55.7 Å². The van der Waals surface area contributed by atoms with E-state index >= 15 is 0 Å². The highest BCUT2D eigenvalue weighted by Crippen LogP contribution is 2.30. The Kier molecular flexibility index (Phi) is 4.41. The third-order valence-electron chi connectivity index (χ3n) is 2.72. The summed E-state index contributed by atoms with van der Waals surface area (Å²) < 4.78 is 0.912. The summed E-state index contributed by atoms with van der Waals surface area (Å²) in [5.41, 5.74) is 2.12. The fourth-order valence-corrected chi connectivity index (χ4v) is 3.89. The Morgan fingerprint density at radius 3 is 3.00 bits per heavy atom. The average molecular weight is 386 g/mol. The molecule has 0 bridgehead atoms. The highest BCUT2D eigenvalue weighted by molar-refractivity contribution is 9.10. The van der Waals surface area contributed by atoms with Crippen LogP contribution in [0.15, 0.2) is 45.7 Å². The molecule has 1 N–H and O–H groups in total. The summed E-state index contributed by atoms with van der Waals surface area (Å²) in [6, 6.07) is 8.35. The van der Waals surface area contributed by atoms with Crippen molar-refractivity contribution in [1.82, 2.24) is 4.98 Å². The SMILES string of the molecule is Clc1ncc(Br)cc1NCc1cc(-c2cccs2)cs1. The van der Waals surface area contributed by atoms with Crippen molar-refractivity contribution in [1.29, 1.82) is 0 Å². The Balaban J connectivity index is 1.71. The smallest absolute Gasteiger partial charge is 0.152 e. The lowest BCUT2D eigenvalue weighted by Crippen LogP contribution is -1.98. The first-order chi connectivity index (χ1) is 9.72. The largest absolute Gasteiger partial charge is 0.378 e. The van der Waals surface area contributed by atoms with Crippen LogP contribution in [0, 0.1) is 0 Å². The van der Waals surface area contributed by atoms with Crippen LogP contribution < -0.4 is 5.32 Å². The molecular weight excluding hydrogens is 376 g/mol. The summed E-state index contributed by atoms with van der Waals surface area (Å²) in [6.45, 7) is 0.744. The summed E-state index contributed by atoms with van der Waals surface area (Å²) in [7, 11) is 0. The van der Waals surface area contributed by atoms with Crippen LogP contribution in [0.3, 0.4) is 0 Å². The Labute approximate surface area is 138 Å². The fraction of sp³-hybridized carbons (Fsp3) is 0.0714. The lowest BCUT2D eigenvalue weighted by Gasteiger charge is -2.06. The molecule has 3 aromatic heterocycles. The zero-order chi connectivity index (χ0) is 13.9. The number of halogens is 2. The molecule has 6 heteroatoms. The van der Waals surface area contributed by atoms with Crippen LogP contribution in [0.25, 0.3) is 10.4 Å². The van der Waals surface area contributed by atoms with Gasteiger partial charge in [-0.15, -0.1) is 22.7 Å². The van der Waals surface area contributed by atoms with E-state index in [0.29, 0.717) is 5.15 Å². The van der Waals surface area contributed by atoms with Crippen LogP contribution in [0.5, 0.6) is 0 Å². The second-order valence-electron chi connectivity index (χ2n) is 4.12. The predicted molar refractivity (Wildman–Crippen MR) is 91.9 cm³/mol. The number of hydrogen-bond donors (Lipinski definition) is 1. The van der Waals surface area contributed by atoms with E-state index in [-0.39, 0.29) is 0 Å². The van der Waals surface area contributed by atoms with Gasteiger partial charge in [-0.1, -0.05) is 17.7 Å². The minimum atomic E-state index is 0.489. The van der Waals surface area contributed by atoms with Gasteiger partial charge in [-0.05, 0) is 44.9 Å². The van der Waals surface area contributed by atoms with Crippen LogP contribution >= 0.6 is 50.2 Å². The molecule has 0 aromatic carbocycles. The van der Waals surface area contributed by atoms with Gasteiger partial charge >= 0.3 is 0 Å². The molecule has 0 aliphatic heterocycles. The average Bonchev–Trinajstić information content (AvgIpc) is 3.09. The monoisotopic (exact) mass is 384 g/mol. The van der Waals surface area contributed by atoms with Crippen LogP contribution in [-0.2, 0) is 6.54 Å².